The van der Waals surface area contributed by atoms with E-state index >= 15 is 0 Å². The van der Waals surface area contributed by atoms with E-state index in [9.17, 15) is 22.8 Å². The van der Waals surface area contributed by atoms with Crippen LogP contribution in [0.1, 0.15) is 18.9 Å². The van der Waals surface area contributed by atoms with Crippen molar-refractivity contribution in [2.45, 2.75) is 31.6 Å². The molecule has 3 heterocycles. The predicted molar refractivity (Wildman–Crippen MR) is 139 cm³/mol. The number of fused-ring (bicyclic) bond motifs is 1. The number of likely N-dealkylation sites (tertiary alicyclic amines) is 1. The van der Waals surface area contributed by atoms with Crippen molar-refractivity contribution in [2.75, 3.05) is 18.8 Å². The highest BCUT2D eigenvalue weighted by Gasteiger charge is 2.33. The number of piperidine rings is 1. The first-order chi connectivity index (χ1) is 18.6. The first-order valence-electron chi connectivity index (χ1n) is 12.2. The summed E-state index contributed by atoms with van der Waals surface area (Å²) in [6, 6.07) is 15.6. The van der Waals surface area contributed by atoms with Crippen LogP contribution in [0.25, 0.3) is 22.2 Å². The van der Waals surface area contributed by atoms with E-state index in [-0.39, 0.29) is 29.2 Å². The largest absolute Gasteiger partial charge is 0.457 e. The van der Waals surface area contributed by atoms with Crippen LogP contribution in [0, 0.1) is 0 Å². The minimum Gasteiger partial charge on any atom is -0.457 e. The quantitative estimate of drug-likeness (QED) is 0.361. The van der Waals surface area contributed by atoms with E-state index in [1.165, 1.54) is 10.8 Å². The third-order valence-electron chi connectivity index (χ3n) is 6.50. The van der Waals surface area contributed by atoms with E-state index in [4.69, 9.17) is 10.5 Å². The standard InChI is InChI=1S/C27H25F3N6O3/c1-2-21(37)34-14-6-7-18(15-34)36-24-22(25(31)33-35(26(24)38)16-27(28,29)30)23(32-36)17-10-12-20(13-11-17)39-19-8-4-3-5-9-19/h2-5,8-13,18H,1,6-7,14-16H2,(H2,31,33)/t18-/m1/s1. The van der Waals surface area contributed by atoms with E-state index < -0.39 is 24.3 Å². The number of aromatic nitrogens is 4. The minimum absolute atomic E-state index is 0.0933. The molecule has 4 aromatic rings. The highest BCUT2D eigenvalue weighted by Crippen LogP contribution is 2.35. The van der Waals surface area contributed by atoms with Gasteiger partial charge in [0.15, 0.2) is 5.82 Å². The number of amides is 1. The second-order valence-electron chi connectivity index (χ2n) is 9.20. The zero-order valence-electron chi connectivity index (χ0n) is 20.8. The minimum atomic E-state index is -4.68. The maximum Gasteiger partial charge on any atom is 0.408 e. The monoisotopic (exact) mass is 538 g/mol. The number of carbonyl (C=O) groups excluding carboxylic acids is 1. The Labute approximate surface area is 220 Å². The molecule has 0 saturated carbocycles. The van der Waals surface area contributed by atoms with Crippen LogP contribution in [0.3, 0.4) is 0 Å². The number of hydrogen-bond donors (Lipinski definition) is 1. The van der Waals surface area contributed by atoms with E-state index in [1.54, 1.807) is 29.2 Å². The fourth-order valence-corrected chi connectivity index (χ4v) is 4.76. The average Bonchev–Trinajstić information content (AvgIpc) is 3.33. The molecule has 0 unspecified atom stereocenters. The van der Waals surface area contributed by atoms with Gasteiger partial charge in [-0.2, -0.15) is 23.4 Å². The van der Waals surface area contributed by atoms with Gasteiger partial charge in [0.2, 0.25) is 5.91 Å². The molecule has 202 valence electrons. The molecule has 0 radical (unpaired) electrons. The summed E-state index contributed by atoms with van der Waals surface area (Å²) in [5.74, 6) is 0.670. The lowest BCUT2D eigenvalue weighted by molar-refractivity contribution is -0.143. The van der Waals surface area contributed by atoms with Crippen LogP contribution in [0.4, 0.5) is 19.0 Å². The number of ether oxygens (including phenoxy) is 1. The number of rotatable bonds is 6. The number of anilines is 1. The topological polar surface area (TPSA) is 108 Å². The second-order valence-corrected chi connectivity index (χ2v) is 9.20. The summed E-state index contributed by atoms with van der Waals surface area (Å²) in [6.45, 7) is 2.64. The first kappa shape index (κ1) is 26.0. The van der Waals surface area contributed by atoms with Gasteiger partial charge in [-0.05, 0) is 55.3 Å². The van der Waals surface area contributed by atoms with Crippen LogP contribution in [0.2, 0.25) is 0 Å². The van der Waals surface area contributed by atoms with Crippen molar-refractivity contribution in [1.82, 2.24) is 24.5 Å². The molecule has 1 fully saturated rings. The van der Waals surface area contributed by atoms with Crippen molar-refractivity contribution in [3.63, 3.8) is 0 Å². The Hall–Kier alpha value is -4.61. The molecule has 1 aliphatic rings. The lowest BCUT2D eigenvalue weighted by Crippen LogP contribution is -2.41. The van der Waals surface area contributed by atoms with E-state index in [1.807, 2.05) is 30.3 Å². The van der Waals surface area contributed by atoms with Gasteiger partial charge in [0.25, 0.3) is 5.56 Å². The van der Waals surface area contributed by atoms with Gasteiger partial charge in [-0.15, -0.1) is 0 Å². The molecular formula is C27H25F3N6O3. The number of nitrogens with zero attached hydrogens (tertiary/aromatic N) is 5. The number of para-hydroxylation sites is 1. The Morgan fingerprint density at radius 2 is 1.79 bits per heavy atom. The summed E-state index contributed by atoms with van der Waals surface area (Å²) < 4.78 is 47.2. The van der Waals surface area contributed by atoms with Crippen molar-refractivity contribution in [3.8, 4) is 22.8 Å². The van der Waals surface area contributed by atoms with Gasteiger partial charge in [0.1, 0.15) is 29.3 Å². The maximum absolute atomic E-state index is 13.4. The van der Waals surface area contributed by atoms with Crippen LogP contribution in [0.15, 0.2) is 72.0 Å². The smallest absolute Gasteiger partial charge is 0.408 e. The zero-order chi connectivity index (χ0) is 27.7. The highest BCUT2D eigenvalue weighted by atomic mass is 19.4. The van der Waals surface area contributed by atoms with Gasteiger partial charge in [0.05, 0.1) is 11.4 Å². The lowest BCUT2D eigenvalue weighted by Gasteiger charge is -2.32. The molecule has 0 spiro atoms. The summed E-state index contributed by atoms with van der Waals surface area (Å²) in [7, 11) is 0. The van der Waals surface area contributed by atoms with Crippen LogP contribution in [-0.2, 0) is 11.3 Å². The molecule has 0 aliphatic carbocycles. The van der Waals surface area contributed by atoms with Crippen LogP contribution < -0.4 is 16.0 Å². The molecule has 2 N–H and O–H groups in total. The highest BCUT2D eigenvalue weighted by molar-refractivity contribution is 5.99. The fraction of sp³-hybridized carbons (Fsp3) is 0.259. The third-order valence-corrected chi connectivity index (χ3v) is 6.50. The summed E-state index contributed by atoms with van der Waals surface area (Å²) in [5, 5.41) is 8.59. The van der Waals surface area contributed by atoms with Gasteiger partial charge >= 0.3 is 6.18 Å². The molecule has 9 nitrogen and oxygen atoms in total. The second kappa shape index (κ2) is 10.3. The molecule has 12 heteroatoms. The fourth-order valence-electron chi connectivity index (χ4n) is 4.76. The third kappa shape index (κ3) is 5.35. The van der Waals surface area contributed by atoms with Crippen molar-refractivity contribution < 1.29 is 22.7 Å². The number of hydrogen-bond acceptors (Lipinski definition) is 6. The van der Waals surface area contributed by atoms with E-state index in [0.29, 0.717) is 46.8 Å². The van der Waals surface area contributed by atoms with Crippen molar-refractivity contribution in [2.24, 2.45) is 0 Å². The molecule has 1 aliphatic heterocycles. The molecule has 39 heavy (non-hydrogen) atoms. The average molecular weight is 539 g/mol. The summed E-state index contributed by atoms with van der Waals surface area (Å²) in [4.78, 5) is 27.2. The van der Waals surface area contributed by atoms with Crippen LogP contribution >= 0.6 is 0 Å². The van der Waals surface area contributed by atoms with Crippen molar-refractivity contribution in [3.05, 3.63) is 77.6 Å². The number of halogens is 3. The molecule has 5 rings (SSSR count). The summed E-state index contributed by atoms with van der Waals surface area (Å²) in [5.41, 5.74) is 5.96. The normalized spacial score (nSPS) is 15.9. The van der Waals surface area contributed by atoms with Gasteiger partial charge in [0, 0.05) is 18.7 Å². The van der Waals surface area contributed by atoms with Crippen LogP contribution in [-0.4, -0.2) is 49.6 Å². The number of nitrogen functional groups attached to an aromatic ring is 1. The molecule has 2 aromatic carbocycles. The van der Waals surface area contributed by atoms with Crippen molar-refractivity contribution in [1.29, 1.82) is 0 Å². The van der Waals surface area contributed by atoms with E-state index in [2.05, 4.69) is 16.8 Å². The predicted octanol–water partition coefficient (Wildman–Crippen LogP) is 4.55. The zero-order valence-corrected chi connectivity index (χ0v) is 20.8. The Morgan fingerprint density at radius 1 is 1.10 bits per heavy atom. The lowest BCUT2D eigenvalue weighted by atomic mass is 10.1. The Morgan fingerprint density at radius 3 is 2.46 bits per heavy atom. The molecule has 0 bridgehead atoms. The number of alkyl halides is 3. The Kier molecular flexibility index (Phi) is 6.85. The van der Waals surface area contributed by atoms with Gasteiger partial charge in [-0.3, -0.25) is 14.3 Å². The first-order valence-corrected chi connectivity index (χ1v) is 12.2. The number of nitrogens with two attached hydrogens (primary N) is 1. The SMILES string of the molecule is C=CC(=O)N1CCC[C@@H](n2nc(-c3ccc(Oc4ccccc4)cc3)c3c(N)nn(CC(F)(F)F)c(=O)c32)C1. The van der Waals surface area contributed by atoms with Gasteiger partial charge in [-0.1, -0.05) is 24.8 Å². The maximum atomic E-state index is 13.4. The van der Waals surface area contributed by atoms with Crippen LogP contribution in [0.5, 0.6) is 11.5 Å². The molecule has 2 aromatic heterocycles. The molecule has 1 saturated heterocycles. The van der Waals surface area contributed by atoms with Gasteiger partial charge < -0.3 is 15.4 Å². The molecule has 1 atom stereocenters. The van der Waals surface area contributed by atoms with Gasteiger partial charge in [-0.25, -0.2) is 4.68 Å². The summed E-state index contributed by atoms with van der Waals surface area (Å²) in [6.07, 6.45) is -2.31. The van der Waals surface area contributed by atoms with Crippen molar-refractivity contribution >= 4 is 22.6 Å². The Bertz CT molecular complexity index is 1580. The molecular weight excluding hydrogens is 513 g/mol. The molecule has 1 amide bonds. The van der Waals surface area contributed by atoms with E-state index in [0.717, 1.165) is 0 Å². The summed E-state index contributed by atoms with van der Waals surface area (Å²) >= 11 is 0. The Balaban J connectivity index is 1.62. The number of benzene rings is 2. The number of carbonyl (C=O) groups is 1.